The van der Waals surface area contributed by atoms with Crippen LogP contribution in [0.25, 0.3) is 0 Å². The third kappa shape index (κ3) is 5.06. The summed E-state index contributed by atoms with van der Waals surface area (Å²) in [6.45, 7) is 0. The number of aromatic nitrogens is 4. The van der Waals surface area contributed by atoms with Crippen LogP contribution in [0, 0.1) is 12.3 Å². The van der Waals surface area contributed by atoms with Crippen LogP contribution in [0.2, 0.25) is 0 Å². The Bertz CT molecular complexity index is 766. The van der Waals surface area contributed by atoms with Crippen molar-refractivity contribution in [3.05, 3.63) is 16.4 Å². The highest BCUT2D eigenvalue weighted by atomic mass is 32.2. The lowest BCUT2D eigenvalue weighted by Crippen LogP contribution is -2.15. The number of carbonyl (C=O) groups is 1. The van der Waals surface area contributed by atoms with E-state index in [0.29, 0.717) is 15.2 Å². The van der Waals surface area contributed by atoms with E-state index < -0.39 is 0 Å². The van der Waals surface area contributed by atoms with Crippen LogP contribution in [0.15, 0.2) is 20.4 Å². The molecule has 0 aliphatic carbocycles. The van der Waals surface area contributed by atoms with Gasteiger partial charge in [0.15, 0.2) is 9.50 Å². The predicted octanol–water partition coefficient (Wildman–Crippen LogP) is 0.660. The average molecular weight is 354 g/mol. The van der Waals surface area contributed by atoms with Gasteiger partial charge in [0.2, 0.25) is 11.0 Å². The number of nitrogens with zero attached hydrogens (tertiary/aromatic N) is 3. The van der Waals surface area contributed by atoms with E-state index in [2.05, 4.69) is 31.4 Å². The van der Waals surface area contributed by atoms with Crippen LogP contribution < -0.4 is 16.6 Å². The van der Waals surface area contributed by atoms with E-state index >= 15 is 0 Å². The lowest BCUT2D eigenvalue weighted by Gasteiger charge is -2.01. The normalized spacial score (nSPS) is 10.1. The number of nitrogens with two attached hydrogens (primary N) is 1. The maximum Gasteiger partial charge on any atom is 0.253 e. The lowest BCUT2D eigenvalue weighted by molar-refractivity contribution is -0.113. The fourth-order valence-corrected chi connectivity index (χ4v) is 3.36. The molecule has 0 radical (unpaired) electrons. The third-order valence-corrected chi connectivity index (χ3v) is 4.76. The summed E-state index contributed by atoms with van der Waals surface area (Å²) in [7, 11) is 0. The summed E-state index contributed by atoms with van der Waals surface area (Å²) in [6.07, 6.45) is 5.15. The number of anilines is 2. The van der Waals surface area contributed by atoms with Crippen LogP contribution in [0.3, 0.4) is 0 Å². The molecule has 0 spiro atoms. The quantitative estimate of drug-likeness (QED) is 0.299. The van der Waals surface area contributed by atoms with Crippen LogP contribution in [0.5, 0.6) is 0 Å². The van der Waals surface area contributed by atoms with E-state index in [1.165, 1.54) is 29.2 Å². The fraction of sp³-hybridized carbons (Fsp3) is 0.182. The maximum absolute atomic E-state index is 11.8. The number of nitrogens with one attached hydrogen (secondary N) is 2. The summed E-state index contributed by atoms with van der Waals surface area (Å²) < 4.78 is 0.683. The van der Waals surface area contributed by atoms with Crippen LogP contribution in [-0.4, -0.2) is 37.6 Å². The largest absolute Gasteiger partial charge is 0.383 e. The molecule has 1 amide bonds. The van der Waals surface area contributed by atoms with Gasteiger partial charge in [0.25, 0.3) is 5.56 Å². The molecule has 0 aromatic carbocycles. The lowest BCUT2D eigenvalue weighted by atomic mass is 10.6. The summed E-state index contributed by atoms with van der Waals surface area (Å²) >= 11 is 3.67. The minimum atomic E-state index is -0.366. The van der Waals surface area contributed by atoms with Crippen LogP contribution >= 0.6 is 34.9 Å². The van der Waals surface area contributed by atoms with Crippen molar-refractivity contribution in [1.82, 2.24) is 20.2 Å². The second-order valence-corrected chi connectivity index (χ2v) is 6.84. The first kappa shape index (κ1) is 16.3. The fourth-order valence-electron chi connectivity index (χ4n) is 1.23. The number of aromatic amines is 1. The van der Waals surface area contributed by atoms with E-state index in [1.807, 2.05) is 0 Å². The van der Waals surface area contributed by atoms with Crippen LogP contribution in [-0.2, 0) is 4.79 Å². The number of H-pyrrole nitrogens is 1. The molecule has 0 fully saturated rings. The minimum Gasteiger partial charge on any atom is -0.383 e. The molecule has 0 bridgehead atoms. The first-order valence-electron chi connectivity index (χ1n) is 5.76. The van der Waals surface area contributed by atoms with Gasteiger partial charge in [0, 0.05) is 6.07 Å². The van der Waals surface area contributed by atoms with Crippen molar-refractivity contribution < 1.29 is 4.79 Å². The molecule has 8 nitrogen and oxygen atoms in total. The molecule has 0 aliphatic rings. The van der Waals surface area contributed by atoms with Gasteiger partial charge in [-0.3, -0.25) is 14.9 Å². The Kier molecular flexibility index (Phi) is 5.82. The smallest absolute Gasteiger partial charge is 0.253 e. The van der Waals surface area contributed by atoms with Crippen molar-refractivity contribution in [3.63, 3.8) is 0 Å². The molecule has 0 unspecified atom stereocenters. The van der Waals surface area contributed by atoms with Gasteiger partial charge in [-0.1, -0.05) is 40.8 Å². The Morgan fingerprint density at radius 3 is 3.05 bits per heavy atom. The number of rotatable bonds is 6. The summed E-state index contributed by atoms with van der Waals surface area (Å²) in [4.78, 5) is 29.4. The Balaban J connectivity index is 1.86. The number of nitrogen functional groups attached to an aromatic ring is 1. The molecule has 2 aromatic heterocycles. The zero-order chi connectivity index (χ0) is 15.9. The Labute approximate surface area is 137 Å². The zero-order valence-corrected chi connectivity index (χ0v) is 13.5. The van der Waals surface area contributed by atoms with Gasteiger partial charge < -0.3 is 10.7 Å². The number of hydrogen-bond donors (Lipinski definition) is 3. The first-order chi connectivity index (χ1) is 10.6. The number of carbonyl (C=O) groups excluding carboxylic acids is 1. The monoisotopic (exact) mass is 354 g/mol. The molecule has 0 saturated heterocycles. The molecular formula is C11H10N6O2S3. The predicted molar refractivity (Wildman–Crippen MR) is 88.1 cm³/mol. The Morgan fingerprint density at radius 1 is 1.50 bits per heavy atom. The van der Waals surface area contributed by atoms with Gasteiger partial charge in [0.05, 0.1) is 11.5 Å². The van der Waals surface area contributed by atoms with Gasteiger partial charge in [-0.2, -0.15) is 0 Å². The maximum atomic E-state index is 11.8. The molecule has 4 N–H and O–H groups in total. The summed E-state index contributed by atoms with van der Waals surface area (Å²) in [6, 6.07) is 1.17. The van der Waals surface area contributed by atoms with Gasteiger partial charge in [0.1, 0.15) is 5.82 Å². The summed E-state index contributed by atoms with van der Waals surface area (Å²) in [5.74, 6) is 2.84. The van der Waals surface area contributed by atoms with E-state index in [-0.39, 0.29) is 28.2 Å². The topological polar surface area (TPSA) is 127 Å². The number of terminal acetylenes is 1. The molecule has 114 valence electrons. The van der Waals surface area contributed by atoms with E-state index in [0.717, 1.165) is 11.8 Å². The first-order valence-corrected chi connectivity index (χ1v) is 8.55. The summed E-state index contributed by atoms with van der Waals surface area (Å²) in [5.41, 5.74) is 5.09. The molecule has 2 rings (SSSR count). The van der Waals surface area contributed by atoms with Gasteiger partial charge >= 0.3 is 0 Å². The Hall–Kier alpha value is -2.03. The van der Waals surface area contributed by atoms with Crippen molar-refractivity contribution in [2.24, 2.45) is 0 Å². The molecule has 0 aliphatic heterocycles. The standard InChI is InChI=1S/C11H10N6O2S3/c1-2-3-20-11-17-16-10(22-11)15-8(19)5-21-9-13-6(12)4-7(18)14-9/h1,4H,3,5H2,(H,15,16,19)(H3,12,13,14,18). The van der Waals surface area contributed by atoms with Crippen molar-refractivity contribution in [2.45, 2.75) is 9.50 Å². The Morgan fingerprint density at radius 2 is 2.32 bits per heavy atom. The minimum absolute atomic E-state index is 0.0544. The number of amides is 1. The van der Waals surface area contributed by atoms with E-state index in [9.17, 15) is 9.59 Å². The van der Waals surface area contributed by atoms with Crippen LogP contribution in [0.1, 0.15) is 0 Å². The number of thioether (sulfide) groups is 2. The van der Waals surface area contributed by atoms with Crippen LogP contribution in [0.4, 0.5) is 10.9 Å². The highest BCUT2D eigenvalue weighted by Gasteiger charge is 2.10. The second kappa shape index (κ2) is 7.83. The van der Waals surface area contributed by atoms with Crippen molar-refractivity contribution in [3.8, 4) is 12.3 Å². The molecule has 2 aromatic rings. The molecule has 0 atom stereocenters. The van der Waals surface area contributed by atoms with Crippen molar-refractivity contribution in [2.75, 3.05) is 22.6 Å². The molecule has 2 heterocycles. The van der Waals surface area contributed by atoms with E-state index in [1.54, 1.807) is 0 Å². The molecule has 11 heteroatoms. The molecule has 0 saturated carbocycles. The van der Waals surface area contributed by atoms with Gasteiger partial charge in [-0.15, -0.1) is 16.6 Å². The second-order valence-electron chi connectivity index (χ2n) is 3.68. The molecule has 22 heavy (non-hydrogen) atoms. The van der Waals surface area contributed by atoms with Crippen molar-refractivity contribution in [1.29, 1.82) is 0 Å². The zero-order valence-electron chi connectivity index (χ0n) is 11.0. The highest BCUT2D eigenvalue weighted by Crippen LogP contribution is 2.25. The van der Waals surface area contributed by atoms with Crippen molar-refractivity contribution >= 4 is 51.7 Å². The highest BCUT2D eigenvalue weighted by molar-refractivity contribution is 8.01. The number of hydrogen-bond acceptors (Lipinski definition) is 9. The summed E-state index contributed by atoms with van der Waals surface area (Å²) in [5, 5.41) is 11.0. The van der Waals surface area contributed by atoms with Gasteiger partial charge in [-0.25, -0.2) is 4.98 Å². The average Bonchev–Trinajstić information content (AvgIpc) is 2.89. The SMILES string of the molecule is C#CCSc1nnc(NC(=O)CSc2nc(N)cc(=O)[nH]2)s1. The molecular weight excluding hydrogens is 344 g/mol. The third-order valence-electron chi connectivity index (χ3n) is 2.01. The van der Waals surface area contributed by atoms with E-state index in [4.69, 9.17) is 12.2 Å². The van der Waals surface area contributed by atoms with Gasteiger partial charge in [-0.05, 0) is 0 Å².